The van der Waals surface area contributed by atoms with Crippen LogP contribution in [0, 0.1) is 6.92 Å². The lowest BCUT2D eigenvalue weighted by Crippen LogP contribution is -2.66. The van der Waals surface area contributed by atoms with Crippen molar-refractivity contribution in [1.82, 2.24) is 20.0 Å². The summed E-state index contributed by atoms with van der Waals surface area (Å²) in [6, 6.07) is 7.85. The van der Waals surface area contributed by atoms with Crippen LogP contribution in [0.15, 0.2) is 24.3 Å². The first-order valence-corrected chi connectivity index (χ1v) is 10.5. The average Bonchev–Trinajstić information content (AvgIpc) is 3.09. The minimum atomic E-state index is -0.318. The van der Waals surface area contributed by atoms with Gasteiger partial charge in [0.25, 0.3) is 5.91 Å². The van der Waals surface area contributed by atoms with Crippen molar-refractivity contribution >= 4 is 17.6 Å². The first-order valence-electron chi connectivity index (χ1n) is 10.5. The number of carbonyl (C=O) groups is 2. The highest BCUT2D eigenvalue weighted by atomic mass is 16.2. The molecule has 1 aromatic rings. The molecule has 7 heteroatoms. The molecule has 3 aliphatic rings. The zero-order valence-corrected chi connectivity index (χ0v) is 17.1. The molecule has 3 amide bonds. The van der Waals surface area contributed by atoms with Crippen LogP contribution in [0.25, 0.3) is 0 Å². The van der Waals surface area contributed by atoms with Gasteiger partial charge < -0.3 is 9.80 Å². The Labute approximate surface area is 167 Å². The third-order valence-electron chi connectivity index (χ3n) is 6.28. The van der Waals surface area contributed by atoms with Crippen LogP contribution in [-0.4, -0.2) is 71.8 Å². The molecule has 0 aromatic heterocycles. The number of carbonyl (C=O) groups excluding carboxylic acids is 2. The van der Waals surface area contributed by atoms with Gasteiger partial charge in [-0.3, -0.25) is 19.9 Å². The second-order valence-electron chi connectivity index (χ2n) is 8.09. The van der Waals surface area contributed by atoms with Gasteiger partial charge in [0, 0.05) is 32.4 Å². The van der Waals surface area contributed by atoms with Gasteiger partial charge in [-0.1, -0.05) is 38.0 Å². The number of urea groups is 1. The van der Waals surface area contributed by atoms with Crippen molar-refractivity contribution in [2.75, 3.05) is 31.6 Å². The van der Waals surface area contributed by atoms with Crippen molar-refractivity contribution in [3.63, 3.8) is 0 Å². The summed E-state index contributed by atoms with van der Waals surface area (Å²) in [5.74, 6) is -0.0502. The molecule has 0 spiro atoms. The van der Waals surface area contributed by atoms with Crippen LogP contribution in [0.1, 0.15) is 38.2 Å². The van der Waals surface area contributed by atoms with Crippen LogP contribution in [0.5, 0.6) is 0 Å². The Morgan fingerprint density at radius 1 is 1.14 bits per heavy atom. The van der Waals surface area contributed by atoms with Gasteiger partial charge in [0.2, 0.25) is 0 Å². The maximum absolute atomic E-state index is 13.3. The molecule has 0 aliphatic carbocycles. The van der Waals surface area contributed by atoms with E-state index < -0.39 is 0 Å². The number of hydrogen-bond donors (Lipinski definition) is 1. The summed E-state index contributed by atoms with van der Waals surface area (Å²) in [6.45, 7) is 6.55. The lowest BCUT2D eigenvalue weighted by atomic mass is 10.1. The standard InChI is InChI=1S/C21H31N5O2/c1-4-5-8-12-26-19(27)17-18(23(3)21(26)28)22-20-24(13-9-14-25(17)20)16-11-7-6-10-15(16)2/h6-7,10-11,17-18,20,22H,4-5,8-9,12-14H2,1-3H3. The van der Waals surface area contributed by atoms with E-state index in [4.69, 9.17) is 0 Å². The fraction of sp³-hybridized carbons (Fsp3) is 0.619. The number of fused-ring (bicyclic) bond motifs is 3. The number of benzene rings is 1. The molecule has 3 unspecified atom stereocenters. The van der Waals surface area contributed by atoms with Gasteiger partial charge in [-0.05, 0) is 31.4 Å². The molecule has 0 saturated carbocycles. The number of unbranched alkanes of at least 4 members (excludes halogenated alkanes) is 2. The number of imide groups is 1. The number of likely N-dealkylation sites (N-methyl/N-ethyl adjacent to an activating group) is 1. The summed E-state index contributed by atoms with van der Waals surface area (Å²) in [5.41, 5.74) is 2.41. The summed E-state index contributed by atoms with van der Waals surface area (Å²) in [5, 5.41) is 3.58. The Kier molecular flexibility index (Phi) is 5.29. The largest absolute Gasteiger partial charge is 0.343 e. The molecule has 3 aliphatic heterocycles. The number of nitrogens with one attached hydrogen (secondary N) is 1. The first kappa shape index (κ1) is 19.2. The zero-order chi connectivity index (χ0) is 19.8. The monoisotopic (exact) mass is 385 g/mol. The Hall–Kier alpha value is -2.12. The van der Waals surface area contributed by atoms with Crippen LogP contribution in [0.4, 0.5) is 10.5 Å². The Bertz CT molecular complexity index is 754. The third kappa shape index (κ3) is 3.06. The smallest absolute Gasteiger partial charge is 0.327 e. The number of rotatable bonds is 5. The minimum absolute atomic E-state index is 0.0502. The van der Waals surface area contributed by atoms with Crippen molar-refractivity contribution < 1.29 is 9.59 Å². The molecule has 0 bridgehead atoms. The van der Waals surface area contributed by atoms with E-state index in [1.807, 2.05) is 13.1 Å². The summed E-state index contributed by atoms with van der Waals surface area (Å²) in [6.07, 6.45) is 3.61. The van der Waals surface area contributed by atoms with E-state index in [2.05, 4.69) is 47.2 Å². The van der Waals surface area contributed by atoms with Crippen LogP contribution in [0.2, 0.25) is 0 Å². The molecular formula is C21H31N5O2. The highest BCUT2D eigenvalue weighted by molar-refractivity contribution is 6.00. The van der Waals surface area contributed by atoms with Crippen molar-refractivity contribution in [2.24, 2.45) is 0 Å². The second-order valence-corrected chi connectivity index (χ2v) is 8.09. The summed E-state index contributed by atoms with van der Waals surface area (Å²) in [7, 11) is 1.81. The highest BCUT2D eigenvalue weighted by Gasteiger charge is 2.55. The number of amides is 3. The lowest BCUT2D eigenvalue weighted by molar-refractivity contribution is -0.138. The van der Waals surface area contributed by atoms with E-state index in [1.54, 1.807) is 4.90 Å². The van der Waals surface area contributed by atoms with Crippen LogP contribution in [0.3, 0.4) is 0 Å². The Morgan fingerprint density at radius 2 is 1.93 bits per heavy atom. The number of anilines is 1. The zero-order valence-electron chi connectivity index (χ0n) is 17.1. The third-order valence-corrected chi connectivity index (χ3v) is 6.28. The predicted molar refractivity (Wildman–Crippen MR) is 109 cm³/mol. The van der Waals surface area contributed by atoms with E-state index in [1.165, 1.54) is 16.2 Å². The van der Waals surface area contributed by atoms with Gasteiger partial charge in [-0.25, -0.2) is 4.79 Å². The SMILES string of the molecule is CCCCCN1C(=O)C2C(NC3N(c4ccccc4C)CCCN23)N(C)C1=O. The first-order chi connectivity index (χ1) is 13.5. The summed E-state index contributed by atoms with van der Waals surface area (Å²) < 4.78 is 0. The summed E-state index contributed by atoms with van der Waals surface area (Å²) in [4.78, 5) is 33.9. The van der Waals surface area contributed by atoms with Crippen LogP contribution in [-0.2, 0) is 4.79 Å². The molecule has 3 fully saturated rings. The fourth-order valence-corrected chi connectivity index (χ4v) is 4.78. The topological polar surface area (TPSA) is 59.1 Å². The van der Waals surface area contributed by atoms with E-state index in [0.29, 0.717) is 6.54 Å². The van der Waals surface area contributed by atoms with Crippen LogP contribution < -0.4 is 10.2 Å². The second kappa shape index (κ2) is 7.72. The maximum Gasteiger partial charge on any atom is 0.327 e. The molecule has 3 saturated heterocycles. The van der Waals surface area contributed by atoms with E-state index >= 15 is 0 Å². The van der Waals surface area contributed by atoms with E-state index in [0.717, 1.165) is 38.8 Å². The number of hydrogen-bond acceptors (Lipinski definition) is 5. The molecule has 152 valence electrons. The van der Waals surface area contributed by atoms with Crippen LogP contribution >= 0.6 is 0 Å². The van der Waals surface area contributed by atoms with E-state index in [-0.39, 0.29) is 30.4 Å². The lowest BCUT2D eigenvalue weighted by Gasteiger charge is -2.44. The van der Waals surface area contributed by atoms with Gasteiger partial charge in [0.05, 0.1) is 0 Å². The Balaban J connectivity index is 1.60. The molecule has 7 nitrogen and oxygen atoms in total. The van der Waals surface area contributed by atoms with E-state index in [9.17, 15) is 9.59 Å². The molecule has 4 rings (SSSR count). The van der Waals surface area contributed by atoms with Crippen molar-refractivity contribution in [2.45, 2.75) is 58.0 Å². The van der Waals surface area contributed by atoms with Gasteiger partial charge in [0.15, 0.2) is 0 Å². The van der Waals surface area contributed by atoms with Gasteiger partial charge in [-0.15, -0.1) is 0 Å². The normalized spacial score (nSPS) is 28.0. The van der Waals surface area contributed by atoms with Gasteiger partial charge in [-0.2, -0.15) is 0 Å². The average molecular weight is 386 g/mol. The Morgan fingerprint density at radius 3 is 2.68 bits per heavy atom. The number of para-hydroxylation sites is 1. The van der Waals surface area contributed by atoms with Gasteiger partial charge >= 0.3 is 6.03 Å². The molecule has 0 radical (unpaired) electrons. The molecule has 28 heavy (non-hydrogen) atoms. The maximum atomic E-state index is 13.3. The van der Waals surface area contributed by atoms with Crippen molar-refractivity contribution in [3.8, 4) is 0 Å². The molecule has 1 aromatic carbocycles. The van der Waals surface area contributed by atoms with Crippen molar-refractivity contribution in [1.29, 1.82) is 0 Å². The molecule has 1 N–H and O–H groups in total. The highest BCUT2D eigenvalue weighted by Crippen LogP contribution is 2.34. The van der Waals surface area contributed by atoms with Gasteiger partial charge in [0.1, 0.15) is 18.5 Å². The fourth-order valence-electron chi connectivity index (χ4n) is 4.78. The summed E-state index contributed by atoms with van der Waals surface area (Å²) >= 11 is 0. The molecular weight excluding hydrogens is 354 g/mol. The molecule has 3 atom stereocenters. The minimum Gasteiger partial charge on any atom is -0.343 e. The quantitative estimate of drug-likeness (QED) is 0.788. The van der Waals surface area contributed by atoms with Crippen molar-refractivity contribution in [3.05, 3.63) is 29.8 Å². The number of nitrogens with zero attached hydrogens (tertiary/aromatic N) is 4. The predicted octanol–water partition coefficient (Wildman–Crippen LogP) is 2.17. The number of aryl methyl sites for hydroxylation is 1. The molecule has 3 heterocycles.